The van der Waals surface area contributed by atoms with E-state index in [4.69, 9.17) is 11.5 Å². The summed E-state index contributed by atoms with van der Waals surface area (Å²) in [5, 5.41) is 14.2. The number of carbonyl (C=O) groups is 2. The van der Waals surface area contributed by atoms with E-state index in [0.717, 1.165) is 18.6 Å². The van der Waals surface area contributed by atoms with Gasteiger partial charge in [-0.25, -0.2) is 4.79 Å². The average molecular weight is 300 g/mol. The number of rotatable bonds is 11. The van der Waals surface area contributed by atoms with Crippen molar-refractivity contribution in [3.05, 3.63) is 0 Å². The van der Waals surface area contributed by atoms with Crippen molar-refractivity contribution in [1.29, 1.82) is 0 Å². The second-order valence-electron chi connectivity index (χ2n) is 4.43. The molecule has 0 aromatic carbocycles. The van der Waals surface area contributed by atoms with Crippen molar-refractivity contribution in [2.75, 3.05) is 24.6 Å². The Labute approximate surface area is 125 Å². The molecule has 0 spiro atoms. The Bertz CT molecular complexity index is 329. The lowest BCUT2D eigenvalue weighted by molar-refractivity contribution is -0.137. The summed E-state index contributed by atoms with van der Waals surface area (Å²) in [6.07, 6.45) is 7.71. The van der Waals surface area contributed by atoms with Gasteiger partial charge in [0.25, 0.3) is 0 Å². The molecule has 0 aliphatic carbocycles. The molecule has 0 fully saturated rings. The van der Waals surface area contributed by atoms with Gasteiger partial charge >= 0.3 is 12.0 Å². The van der Waals surface area contributed by atoms with Crippen molar-refractivity contribution in [2.24, 2.45) is 5.92 Å². The Morgan fingerprint density at radius 1 is 1.30 bits per heavy atom. The molecule has 0 aromatic heterocycles. The third-order valence-electron chi connectivity index (χ3n) is 2.90. The number of carboxylic acid groups (broad SMARTS) is 1. The van der Waals surface area contributed by atoms with E-state index < -0.39 is 5.97 Å². The molecule has 1 unspecified atom stereocenters. The number of thioether (sulfide) groups is 1. The molecule has 0 bridgehead atoms. The molecular formula is C14H24N2O3S. The number of nitrogens with one attached hydrogen (secondary N) is 2. The van der Waals surface area contributed by atoms with E-state index in [2.05, 4.69) is 16.6 Å². The molecule has 1 atom stereocenters. The second-order valence-corrected chi connectivity index (χ2v) is 5.54. The molecule has 3 N–H and O–H groups in total. The monoisotopic (exact) mass is 300 g/mol. The fourth-order valence-corrected chi connectivity index (χ4v) is 2.21. The van der Waals surface area contributed by atoms with Crippen LogP contribution in [0.4, 0.5) is 4.79 Å². The summed E-state index contributed by atoms with van der Waals surface area (Å²) >= 11 is 1.60. The van der Waals surface area contributed by atoms with Crippen LogP contribution >= 0.6 is 11.8 Å². The molecule has 0 radical (unpaired) electrons. The normalized spacial score (nSPS) is 11.4. The molecule has 2 amide bonds. The first-order chi connectivity index (χ1) is 9.60. The highest BCUT2D eigenvalue weighted by molar-refractivity contribution is 7.99. The number of carbonyl (C=O) groups excluding carboxylic acids is 1. The molecule has 0 saturated heterocycles. The van der Waals surface area contributed by atoms with Gasteiger partial charge in [0.15, 0.2) is 0 Å². The number of urea groups is 1. The van der Waals surface area contributed by atoms with Crippen LogP contribution in [0.2, 0.25) is 0 Å². The summed E-state index contributed by atoms with van der Waals surface area (Å²) in [6.45, 7) is 3.20. The molecule has 0 aromatic rings. The number of hydrogen-bond donors (Lipinski definition) is 3. The molecule has 0 aliphatic heterocycles. The maximum Gasteiger partial charge on any atom is 0.314 e. The molecule has 0 heterocycles. The summed E-state index contributed by atoms with van der Waals surface area (Å²) in [4.78, 5) is 21.9. The molecule has 0 aliphatic rings. The first kappa shape index (κ1) is 18.7. The zero-order valence-corrected chi connectivity index (χ0v) is 12.8. The van der Waals surface area contributed by atoms with E-state index in [1.165, 1.54) is 0 Å². The predicted octanol–water partition coefficient (Wildman–Crippen LogP) is 1.93. The standard InChI is InChI=1S/C14H24N2O3S/c1-3-10-20-11-9-16-14(19)15-8-7-12(4-2)5-6-13(17)18/h1,12H,4-11H2,2H3,(H,17,18)(H2,15,16,19). The summed E-state index contributed by atoms with van der Waals surface area (Å²) in [5.74, 6) is 3.56. The van der Waals surface area contributed by atoms with Crippen LogP contribution in [0.1, 0.15) is 32.6 Å². The number of hydrogen-bond acceptors (Lipinski definition) is 3. The summed E-state index contributed by atoms with van der Waals surface area (Å²) in [5.41, 5.74) is 0. The van der Waals surface area contributed by atoms with Gasteiger partial charge in [0.05, 0.1) is 5.75 Å². The van der Waals surface area contributed by atoms with Gasteiger partial charge < -0.3 is 15.7 Å². The van der Waals surface area contributed by atoms with Gasteiger partial charge in [-0.1, -0.05) is 19.3 Å². The minimum absolute atomic E-state index is 0.181. The van der Waals surface area contributed by atoms with E-state index >= 15 is 0 Å². The molecule has 0 saturated carbocycles. The van der Waals surface area contributed by atoms with E-state index in [-0.39, 0.29) is 12.5 Å². The van der Waals surface area contributed by atoms with Crippen LogP contribution in [0.25, 0.3) is 0 Å². The highest BCUT2D eigenvalue weighted by Gasteiger charge is 2.09. The van der Waals surface area contributed by atoms with Gasteiger partial charge in [0, 0.05) is 25.3 Å². The fraction of sp³-hybridized carbons (Fsp3) is 0.714. The van der Waals surface area contributed by atoms with Crippen LogP contribution in [0.5, 0.6) is 0 Å². The van der Waals surface area contributed by atoms with E-state index in [9.17, 15) is 9.59 Å². The zero-order chi connectivity index (χ0) is 15.2. The smallest absolute Gasteiger partial charge is 0.314 e. The maximum absolute atomic E-state index is 11.4. The molecule has 114 valence electrons. The zero-order valence-electron chi connectivity index (χ0n) is 12.0. The largest absolute Gasteiger partial charge is 0.481 e. The van der Waals surface area contributed by atoms with Gasteiger partial charge in [0.1, 0.15) is 0 Å². The topological polar surface area (TPSA) is 78.4 Å². The van der Waals surface area contributed by atoms with Crippen LogP contribution in [0.3, 0.4) is 0 Å². The quantitative estimate of drug-likeness (QED) is 0.402. The van der Waals surface area contributed by atoms with Gasteiger partial charge in [-0.05, 0) is 18.8 Å². The van der Waals surface area contributed by atoms with Crippen LogP contribution in [0, 0.1) is 18.3 Å². The lowest BCUT2D eigenvalue weighted by Crippen LogP contribution is -2.37. The molecular weight excluding hydrogens is 276 g/mol. The summed E-state index contributed by atoms with van der Waals surface area (Å²) < 4.78 is 0. The van der Waals surface area contributed by atoms with E-state index in [0.29, 0.717) is 31.2 Å². The van der Waals surface area contributed by atoms with Gasteiger partial charge in [-0.15, -0.1) is 18.2 Å². The van der Waals surface area contributed by atoms with E-state index in [1.54, 1.807) is 11.8 Å². The molecule has 20 heavy (non-hydrogen) atoms. The van der Waals surface area contributed by atoms with Crippen molar-refractivity contribution in [3.8, 4) is 12.3 Å². The SMILES string of the molecule is C#CCSCCNC(=O)NCCC(CC)CCC(=O)O. The van der Waals surface area contributed by atoms with Crippen LogP contribution in [-0.4, -0.2) is 41.7 Å². The summed E-state index contributed by atoms with van der Waals surface area (Å²) in [7, 11) is 0. The Kier molecular flexibility index (Phi) is 11.8. The van der Waals surface area contributed by atoms with E-state index in [1.807, 2.05) is 6.92 Å². The Balaban J connectivity index is 3.57. The van der Waals surface area contributed by atoms with Crippen molar-refractivity contribution in [3.63, 3.8) is 0 Å². The molecule has 0 rings (SSSR count). The minimum Gasteiger partial charge on any atom is -0.481 e. The number of carboxylic acids is 1. The number of amides is 2. The lowest BCUT2D eigenvalue weighted by Gasteiger charge is -2.14. The number of aliphatic carboxylic acids is 1. The minimum atomic E-state index is -0.765. The fourth-order valence-electron chi connectivity index (χ4n) is 1.70. The van der Waals surface area contributed by atoms with Gasteiger partial charge in [-0.2, -0.15) is 0 Å². The van der Waals surface area contributed by atoms with Crippen LogP contribution in [-0.2, 0) is 4.79 Å². The summed E-state index contributed by atoms with van der Waals surface area (Å²) in [6, 6.07) is -0.181. The Hall–Kier alpha value is -1.35. The second kappa shape index (κ2) is 12.7. The highest BCUT2D eigenvalue weighted by Crippen LogP contribution is 2.14. The van der Waals surface area contributed by atoms with Crippen LogP contribution in [0.15, 0.2) is 0 Å². The maximum atomic E-state index is 11.4. The van der Waals surface area contributed by atoms with Gasteiger partial charge in [0.2, 0.25) is 0 Å². The lowest BCUT2D eigenvalue weighted by atomic mass is 9.97. The van der Waals surface area contributed by atoms with Crippen molar-refractivity contribution in [2.45, 2.75) is 32.6 Å². The highest BCUT2D eigenvalue weighted by atomic mass is 32.2. The third-order valence-corrected chi connectivity index (χ3v) is 3.76. The first-order valence-electron chi connectivity index (χ1n) is 6.84. The predicted molar refractivity (Wildman–Crippen MR) is 82.8 cm³/mol. The van der Waals surface area contributed by atoms with Crippen LogP contribution < -0.4 is 10.6 Å². The molecule has 6 heteroatoms. The molecule has 5 nitrogen and oxygen atoms in total. The van der Waals surface area contributed by atoms with Crippen molar-refractivity contribution < 1.29 is 14.7 Å². The Morgan fingerprint density at radius 3 is 2.60 bits per heavy atom. The first-order valence-corrected chi connectivity index (χ1v) is 8.00. The van der Waals surface area contributed by atoms with Gasteiger partial charge in [-0.3, -0.25) is 4.79 Å². The van der Waals surface area contributed by atoms with Crippen molar-refractivity contribution >= 4 is 23.8 Å². The average Bonchev–Trinajstić information content (AvgIpc) is 2.42. The Morgan fingerprint density at radius 2 is 2.00 bits per heavy atom. The number of terminal acetylenes is 1. The third kappa shape index (κ3) is 11.7. The van der Waals surface area contributed by atoms with Crippen molar-refractivity contribution in [1.82, 2.24) is 10.6 Å².